The molecule has 7 nitrogen and oxygen atoms in total. The number of hydrogen-bond donors (Lipinski definition) is 1. The Balaban J connectivity index is 1.55. The number of amides is 1. The van der Waals surface area contributed by atoms with Gasteiger partial charge in [0, 0.05) is 29.6 Å². The van der Waals surface area contributed by atoms with E-state index in [2.05, 4.69) is 20.1 Å². The van der Waals surface area contributed by atoms with Crippen LogP contribution in [0.2, 0.25) is 0 Å². The van der Waals surface area contributed by atoms with E-state index in [1.807, 2.05) is 30.0 Å². The molecule has 3 aromatic rings. The molecule has 0 saturated carbocycles. The number of esters is 1. The van der Waals surface area contributed by atoms with Crippen molar-refractivity contribution in [3.05, 3.63) is 63.9 Å². The van der Waals surface area contributed by atoms with Crippen LogP contribution in [0.15, 0.2) is 35.7 Å². The third kappa shape index (κ3) is 4.40. The largest absolute Gasteiger partial charge is 0.465 e. The lowest BCUT2D eigenvalue weighted by Crippen LogP contribution is -2.25. The minimum atomic E-state index is -0.427. The Kier molecular flexibility index (Phi) is 5.66. The van der Waals surface area contributed by atoms with Crippen molar-refractivity contribution >= 4 is 23.2 Å². The molecule has 0 spiro atoms. The van der Waals surface area contributed by atoms with Crippen molar-refractivity contribution in [2.24, 2.45) is 0 Å². The predicted molar refractivity (Wildman–Crippen MR) is 103 cm³/mol. The standard InChI is InChI=1S/C19H20N4O3S/c1-12-10-13(2)23(22-12)19-21-16(11-27-19)8-9-20-17(24)14-4-6-15(7-5-14)18(25)26-3/h4-7,10-11H,8-9H2,1-3H3,(H,20,24). The number of aryl methyl sites for hydroxylation is 2. The van der Waals surface area contributed by atoms with Gasteiger partial charge in [-0.1, -0.05) is 0 Å². The topological polar surface area (TPSA) is 86.1 Å². The van der Waals surface area contributed by atoms with E-state index in [1.165, 1.54) is 18.4 Å². The average molecular weight is 384 g/mol. The van der Waals surface area contributed by atoms with Crippen LogP contribution in [0.5, 0.6) is 0 Å². The Bertz CT molecular complexity index is 960. The first kappa shape index (κ1) is 18.8. The molecule has 1 N–H and O–H groups in total. The van der Waals surface area contributed by atoms with Gasteiger partial charge in [-0.2, -0.15) is 5.10 Å². The lowest BCUT2D eigenvalue weighted by atomic mass is 10.1. The molecule has 1 amide bonds. The summed E-state index contributed by atoms with van der Waals surface area (Å²) >= 11 is 1.52. The lowest BCUT2D eigenvalue weighted by molar-refractivity contribution is 0.0600. The van der Waals surface area contributed by atoms with E-state index >= 15 is 0 Å². The van der Waals surface area contributed by atoms with Gasteiger partial charge in [0.05, 0.1) is 24.1 Å². The summed E-state index contributed by atoms with van der Waals surface area (Å²) in [7, 11) is 1.32. The van der Waals surface area contributed by atoms with Gasteiger partial charge in [0.1, 0.15) is 0 Å². The van der Waals surface area contributed by atoms with Gasteiger partial charge < -0.3 is 10.1 Å². The first-order valence-corrected chi connectivity index (χ1v) is 9.30. The van der Waals surface area contributed by atoms with Crippen molar-refractivity contribution in [2.75, 3.05) is 13.7 Å². The predicted octanol–water partition coefficient (Wildman–Crippen LogP) is 2.70. The number of rotatable bonds is 6. The first-order chi connectivity index (χ1) is 13.0. The fourth-order valence-corrected chi connectivity index (χ4v) is 3.48. The number of benzene rings is 1. The molecule has 27 heavy (non-hydrogen) atoms. The molecule has 0 aliphatic carbocycles. The molecule has 8 heteroatoms. The van der Waals surface area contributed by atoms with Crippen molar-refractivity contribution < 1.29 is 14.3 Å². The normalized spacial score (nSPS) is 10.6. The third-order valence-electron chi connectivity index (χ3n) is 3.97. The molecular formula is C19H20N4O3S. The summed E-state index contributed by atoms with van der Waals surface area (Å²) in [6, 6.07) is 8.35. The second-order valence-corrected chi connectivity index (χ2v) is 6.87. The molecule has 0 aliphatic rings. The molecule has 0 aliphatic heterocycles. The Morgan fingerprint density at radius 3 is 2.52 bits per heavy atom. The molecule has 1 aromatic carbocycles. The van der Waals surface area contributed by atoms with Gasteiger partial charge in [0.15, 0.2) is 0 Å². The van der Waals surface area contributed by atoms with Gasteiger partial charge in [-0.25, -0.2) is 14.5 Å². The van der Waals surface area contributed by atoms with Crippen molar-refractivity contribution in [2.45, 2.75) is 20.3 Å². The number of carbonyl (C=O) groups excluding carboxylic acids is 2. The van der Waals surface area contributed by atoms with Crippen LogP contribution in [-0.4, -0.2) is 40.3 Å². The SMILES string of the molecule is COC(=O)c1ccc(C(=O)NCCc2csc(-n3nc(C)cc3C)n2)cc1. The van der Waals surface area contributed by atoms with Crippen molar-refractivity contribution in [1.29, 1.82) is 0 Å². The minimum absolute atomic E-state index is 0.194. The summed E-state index contributed by atoms with van der Waals surface area (Å²) in [6.07, 6.45) is 0.627. The molecule has 0 saturated heterocycles. The molecule has 140 valence electrons. The highest BCUT2D eigenvalue weighted by molar-refractivity contribution is 7.12. The molecule has 0 atom stereocenters. The molecule has 0 fully saturated rings. The summed E-state index contributed by atoms with van der Waals surface area (Å²) < 4.78 is 6.47. The van der Waals surface area contributed by atoms with E-state index in [0.717, 1.165) is 22.2 Å². The van der Waals surface area contributed by atoms with Crippen LogP contribution in [0.4, 0.5) is 0 Å². The fraction of sp³-hybridized carbons (Fsp3) is 0.263. The number of carbonyl (C=O) groups is 2. The first-order valence-electron chi connectivity index (χ1n) is 8.42. The van der Waals surface area contributed by atoms with Gasteiger partial charge in [-0.15, -0.1) is 11.3 Å². The summed E-state index contributed by atoms with van der Waals surface area (Å²) in [5, 5.41) is 10.1. The monoisotopic (exact) mass is 384 g/mol. The van der Waals surface area contributed by atoms with Crippen molar-refractivity contribution in [1.82, 2.24) is 20.1 Å². The van der Waals surface area contributed by atoms with Crippen LogP contribution in [0, 0.1) is 13.8 Å². The highest BCUT2D eigenvalue weighted by Crippen LogP contribution is 2.17. The molecule has 0 radical (unpaired) electrons. The maximum atomic E-state index is 12.2. The maximum Gasteiger partial charge on any atom is 0.337 e. The zero-order valence-corrected chi connectivity index (χ0v) is 16.2. The quantitative estimate of drug-likeness (QED) is 0.661. The van der Waals surface area contributed by atoms with E-state index in [0.29, 0.717) is 24.1 Å². The van der Waals surface area contributed by atoms with Gasteiger partial charge in [0.25, 0.3) is 5.91 Å². The highest BCUT2D eigenvalue weighted by Gasteiger charge is 2.11. The molecule has 3 rings (SSSR count). The summed E-state index contributed by atoms with van der Waals surface area (Å²) in [4.78, 5) is 28.2. The van der Waals surface area contributed by atoms with Gasteiger partial charge >= 0.3 is 5.97 Å². The van der Waals surface area contributed by atoms with E-state index in [4.69, 9.17) is 0 Å². The second-order valence-electron chi connectivity index (χ2n) is 6.04. The number of ether oxygens (including phenoxy) is 1. The molecule has 0 bridgehead atoms. The van der Waals surface area contributed by atoms with E-state index < -0.39 is 5.97 Å². The van der Waals surface area contributed by atoms with Crippen LogP contribution in [-0.2, 0) is 11.2 Å². The van der Waals surface area contributed by atoms with Crippen LogP contribution >= 0.6 is 11.3 Å². The Labute approximate surface area is 161 Å². The molecule has 0 unspecified atom stereocenters. The zero-order chi connectivity index (χ0) is 19.4. The summed E-state index contributed by atoms with van der Waals surface area (Å²) in [6.45, 7) is 4.41. The molecular weight excluding hydrogens is 364 g/mol. The van der Waals surface area contributed by atoms with Crippen molar-refractivity contribution in [3.8, 4) is 5.13 Å². The van der Waals surface area contributed by atoms with Crippen LogP contribution in [0.25, 0.3) is 5.13 Å². The number of nitrogens with one attached hydrogen (secondary N) is 1. The van der Waals surface area contributed by atoms with Crippen LogP contribution < -0.4 is 5.32 Å². The Morgan fingerprint density at radius 1 is 1.19 bits per heavy atom. The Hall–Kier alpha value is -3.00. The van der Waals surface area contributed by atoms with Crippen LogP contribution in [0.1, 0.15) is 37.8 Å². The third-order valence-corrected chi connectivity index (χ3v) is 4.83. The minimum Gasteiger partial charge on any atom is -0.465 e. The van der Waals surface area contributed by atoms with Gasteiger partial charge in [0.2, 0.25) is 5.13 Å². The number of nitrogens with zero attached hydrogens (tertiary/aromatic N) is 3. The zero-order valence-electron chi connectivity index (χ0n) is 15.4. The van der Waals surface area contributed by atoms with Crippen LogP contribution in [0.3, 0.4) is 0 Å². The van der Waals surface area contributed by atoms with Gasteiger partial charge in [-0.05, 0) is 44.2 Å². The maximum absolute atomic E-state index is 12.2. The smallest absolute Gasteiger partial charge is 0.337 e. The number of thiazole rings is 1. The number of hydrogen-bond acceptors (Lipinski definition) is 6. The fourth-order valence-electron chi connectivity index (χ4n) is 2.61. The van der Waals surface area contributed by atoms with E-state index in [1.54, 1.807) is 24.3 Å². The van der Waals surface area contributed by atoms with Gasteiger partial charge in [-0.3, -0.25) is 4.79 Å². The Morgan fingerprint density at radius 2 is 1.89 bits per heavy atom. The number of aromatic nitrogens is 3. The molecule has 2 heterocycles. The number of methoxy groups -OCH3 is 1. The summed E-state index contributed by atoms with van der Waals surface area (Å²) in [5.41, 5.74) is 3.80. The summed E-state index contributed by atoms with van der Waals surface area (Å²) in [5.74, 6) is -0.621. The average Bonchev–Trinajstić information content (AvgIpc) is 3.26. The highest BCUT2D eigenvalue weighted by atomic mass is 32.1. The molecule has 2 aromatic heterocycles. The second kappa shape index (κ2) is 8.13. The van der Waals surface area contributed by atoms with E-state index in [-0.39, 0.29) is 5.91 Å². The lowest BCUT2D eigenvalue weighted by Gasteiger charge is -2.05. The van der Waals surface area contributed by atoms with E-state index in [9.17, 15) is 9.59 Å². The van der Waals surface area contributed by atoms with Crippen molar-refractivity contribution in [3.63, 3.8) is 0 Å².